The molecule has 0 atom stereocenters. The number of carbonyl (C=O) groups excluding carboxylic acids is 2. The van der Waals surface area contributed by atoms with Gasteiger partial charge in [0.1, 0.15) is 6.54 Å². The van der Waals surface area contributed by atoms with E-state index < -0.39 is 0 Å². The Morgan fingerprint density at radius 2 is 1.92 bits per heavy atom. The van der Waals surface area contributed by atoms with E-state index in [0.29, 0.717) is 4.88 Å². The van der Waals surface area contributed by atoms with Gasteiger partial charge in [-0.15, -0.1) is 11.3 Å². The van der Waals surface area contributed by atoms with Crippen LogP contribution in [0.2, 0.25) is 0 Å². The van der Waals surface area contributed by atoms with Crippen LogP contribution >= 0.6 is 23.6 Å². The summed E-state index contributed by atoms with van der Waals surface area (Å²) in [6, 6.07) is 13.2. The number of amides is 2. The number of carbonyl (C=O) groups is 2. The van der Waals surface area contributed by atoms with Crippen LogP contribution in [0.25, 0.3) is 10.9 Å². The highest BCUT2D eigenvalue weighted by Crippen LogP contribution is 2.14. The maximum Gasteiger partial charge on any atom is 0.267 e. The predicted octanol–water partition coefficient (Wildman–Crippen LogP) is 2.04. The van der Waals surface area contributed by atoms with E-state index in [1.54, 1.807) is 17.5 Å². The average molecular weight is 358 g/mol. The van der Waals surface area contributed by atoms with Crippen LogP contribution in [0, 0.1) is 0 Å². The summed E-state index contributed by atoms with van der Waals surface area (Å²) in [7, 11) is 0. The van der Waals surface area contributed by atoms with Crippen molar-refractivity contribution in [2.45, 2.75) is 6.54 Å². The number of rotatable bonds is 3. The van der Waals surface area contributed by atoms with E-state index in [4.69, 9.17) is 12.2 Å². The molecule has 8 heteroatoms. The first-order valence-electron chi connectivity index (χ1n) is 7.11. The Labute approximate surface area is 147 Å². The van der Waals surface area contributed by atoms with E-state index in [2.05, 4.69) is 16.2 Å². The maximum atomic E-state index is 12.0. The van der Waals surface area contributed by atoms with Gasteiger partial charge in [-0.3, -0.25) is 25.8 Å². The summed E-state index contributed by atoms with van der Waals surface area (Å²) in [6.45, 7) is 0.141. The third kappa shape index (κ3) is 3.79. The SMILES string of the molecule is O=C(Cn1ccc2ccccc21)NNC(=S)NC(=O)c1cccs1. The number of nitrogens with zero attached hydrogens (tertiary/aromatic N) is 1. The molecule has 0 unspecified atom stereocenters. The highest BCUT2D eigenvalue weighted by atomic mass is 32.1. The van der Waals surface area contributed by atoms with Gasteiger partial charge in [0.05, 0.1) is 4.88 Å². The summed E-state index contributed by atoms with van der Waals surface area (Å²) < 4.78 is 1.83. The molecule has 0 aliphatic carbocycles. The first-order valence-corrected chi connectivity index (χ1v) is 8.40. The van der Waals surface area contributed by atoms with Crippen molar-refractivity contribution in [2.24, 2.45) is 0 Å². The Hall–Kier alpha value is -2.71. The van der Waals surface area contributed by atoms with Crippen molar-refractivity contribution >= 4 is 51.4 Å². The Morgan fingerprint density at radius 1 is 1.08 bits per heavy atom. The molecule has 3 aromatic rings. The molecule has 6 nitrogen and oxygen atoms in total. The second kappa shape index (κ2) is 7.24. The van der Waals surface area contributed by atoms with Gasteiger partial charge < -0.3 is 4.57 Å². The van der Waals surface area contributed by atoms with E-state index in [1.807, 2.05) is 41.1 Å². The lowest BCUT2D eigenvalue weighted by molar-refractivity contribution is -0.122. The Bertz CT molecular complexity index is 887. The monoisotopic (exact) mass is 358 g/mol. The van der Waals surface area contributed by atoms with E-state index in [-0.39, 0.29) is 23.5 Å². The molecular formula is C16H14N4O2S2. The van der Waals surface area contributed by atoms with Crippen LogP contribution < -0.4 is 16.2 Å². The molecule has 1 aromatic carbocycles. The molecule has 0 aliphatic heterocycles. The fourth-order valence-corrected chi connectivity index (χ4v) is 2.97. The van der Waals surface area contributed by atoms with Crippen LogP contribution in [0.1, 0.15) is 9.67 Å². The number of benzene rings is 1. The molecule has 2 heterocycles. The number of hydrazine groups is 1. The lowest BCUT2D eigenvalue weighted by atomic mass is 10.2. The highest BCUT2D eigenvalue weighted by molar-refractivity contribution is 7.80. The molecule has 24 heavy (non-hydrogen) atoms. The smallest absolute Gasteiger partial charge is 0.267 e. The zero-order chi connectivity index (χ0) is 16.9. The lowest BCUT2D eigenvalue weighted by Gasteiger charge is -2.11. The van der Waals surface area contributed by atoms with E-state index in [1.165, 1.54) is 11.3 Å². The van der Waals surface area contributed by atoms with Gasteiger partial charge in [0.15, 0.2) is 5.11 Å². The second-order valence-corrected chi connectivity index (χ2v) is 6.29. The molecule has 0 saturated heterocycles. The molecule has 2 amide bonds. The normalized spacial score (nSPS) is 10.3. The quantitative estimate of drug-likeness (QED) is 0.495. The predicted molar refractivity (Wildman–Crippen MR) is 97.6 cm³/mol. The third-order valence-electron chi connectivity index (χ3n) is 3.28. The van der Waals surface area contributed by atoms with Gasteiger partial charge in [-0.05, 0) is 41.2 Å². The molecule has 0 aliphatic rings. The summed E-state index contributed by atoms with van der Waals surface area (Å²) in [4.78, 5) is 24.4. The van der Waals surface area contributed by atoms with Crippen molar-refractivity contribution in [2.75, 3.05) is 0 Å². The van der Waals surface area contributed by atoms with Crippen molar-refractivity contribution in [1.29, 1.82) is 0 Å². The number of nitrogens with one attached hydrogen (secondary N) is 3. The minimum absolute atomic E-state index is 0.0408. The zero-order valence-corrected chi connectivity index (χ0v) is 14.1. The summed E-state index contributed by atoms with van der Waals surface area (Å²) in [5.41, 5.74) is 5.97. The first kappa shape index (κ1) is 16.2. The standard InChI is InChI=1S/C16H14N4O2S2/c21-14(10-20-8-7-11-4-1-2-5-12(11)20)18-19-16(23)17-15(22)13-6-3-9-24-13/h1-9H,10H2,(H,18,21)(H2,17,19,22,23). The van der Waals surface area contributed by atoms with Crippen LogP contribution in [0.4, 0.5) is 0 Å². The Kier molecular flexibility index (Phi) is 4.88. The van der Waals surface area contributed by atoms with Gasteiger partial charge in [-0.2, -0.15) is 0 Å². The summed E-state index contributed by atoms with van der Waals surface area (Å²) in [5, 5.41) is 5.40. The average Bonchev–Trinajstić information content (AvgIpc) is 3.23. The molecule has 0 spiro atoms. The number of hydrogen-bond donors (Lipinski definition) is 3. The molecule has 0 radical (unpaired) electrons. The molecule has 0 bridgehead atoms. The van der Waals surface area contributed by atoms with Crippen molar-refractivity contribution in [1.82, 2.24) is 20.7 Å². The summed E-state index contributed by atoms with van der Waals surface area (Å²) >= 11 is 6.30. The van der Waals surface area contributed by atoms with Gasteiger partial charge >= 0.3 is 0 Å². The fraction of sp³-hybridized carbons (Fsp3) is 0.0625. The zero-order valence-electron chi connectivity index (χ0n) is 12.5. The number of fused-ring (bicyclic) bond motifs is 1. The van der Waals surface area contributed by atoms with Crippen molar-refractivity contribution in [3.05, 3.63) is 58.9 Å². The maximum absolute atomic E-state index is 12.0. The summed E-state index contributed by atoms with van der Waals surface area (Å²) in [6.07, 6.45) is 1.85. The second-order valence-electron chi connectivity index (χ2n) is 4.94. The van der Waals surface area contributed by atoms with E-state index in [0.717, 1.165) is 10.9 Å². The number of hydrogen-bond acceptors (Lipinski definition) is 4. The number of para-hydroxylation sites is 1. The van der Waals surface area contributed by atoms with Crippen LogP contribution in [0.15, 0.2) is 54.0 Å². The molecule has 3 N–H and O–H groups in total. The number of aromatic nitrogens is 1. The van der Waals surface area contributed by atoms with Gasteiger partial charge in [0, 0.05) is 11.7 Å². The topological polar surface area (TPSA) is 75.2 Å². The Balaban J connectivity index is 1.50. The van der Waals surface area contributed by atoms with E-state index in [9.17, 15) is 9.59 Å². The molecular weight excluding hydrogens is 344 g/mol. The molecule has 0 fully saturated rings. The molecule has 2 aromatic heterocycles. The largest absolute Gasteiger partial charge is 0.338 e. The van der Waals surface area contributed by atoms with Crippen molar-refractivity contribution < 1.29 is 9.59 Å². The highest BCUT2D eigenvalue weighted by Gasteiger charge is 2.10. The first-order chi connectivity index (χ1) is 11.6. The van der Waals surface area contributed by atoms with Crippen molar-refractivity contribution in [3.63, 3.8) is 0 Å². The van der Waals surface area contributed by atoms with Crippen LogP contribution in [0.3, 0.4) is 0 Å². The third-order valence-corrected chi connectivity index (χ3v) is 4.35. The molecule has 122 valence electrons. The minimum Gasteiger partial charge on any atom is -0.338 e. The van der Waals surface area contributed by atoms with Gasteiger partial charge in [0.25, 0.3) is 11.8 Å². The lowest BCUT2D eigenvalue weighted by Crippen LogP contribution is -2.49. The fourth-order valence-electron chi connectivity index (χ4n) is 2.20. The number of thiocarbonyl (C=S) groups is 1. The molecule has 3 rings (SSSR count). The van der Waals surface area contributed by atoms with Crippen LogP contribution in [-0.4, -0.2) is 21.5 Å². The van der Waals surface area contributed by atoms with Gasteiger partial charge in [0.2, 0.25) is 0 Å². The van der Waals surface area contributed by atoms with Crippen LogP contribution in [0.5, 0.6) is 0 Å². The Morgan fingerprint density at radius 3 is 2.71 bits per heavy atom. The molecule has 0 saturated carbocycles. The summed E-state index contributed by atoms with van der Waals surface area (Å²) in [5.74, 6) is -0.586. The van der Waals surface area contributed by atoms with E-state index >= 15 is 0 Å². The van der Waals surface area contributed by atoms with Gasteiger partial charge in [-0.1, -0.05) is 24.3 Å². The number of thiophene rings is 1. The minimum atomic E-state index is -0.312. The van der Waals surface area contributed by atoms with Crippen LogP contribution in [-0.2, 0) is 11.3 Å². The van der Waals surface area contributed by atoms with Gasteiger partial charge in [-0.25, -0.2) is 0 Å². The van der Waals surface area contributed by atoms with Crippen molar-refractivity contribution in [3.8, 4) is 0 Å².